The van der Waals surface area contributed by atoms with Crippen molar-refractivity contribution < 1.29 is 33.1 Å². The predicted octanol–water partition coefficient (Wildman–Crippen LogP) is 5.76. The second-order valence-electron chi connectivity index (χ2n) is 8.87. The summed E-state index contributed by atoms with van der Waals surface area (Å²) in [6.45, 7) is 10.00. The van der Waals surface area contributed by atoms with Crippen molar-refractivity contribution in [1.82, 2.24) is 4.90 Å². The van der Waals surface area contributed by atoms with Gasteiger partial charge in [-0.3, -0.25) is 14.9 Å². The Bertz CT molecular complexity index is 1320. The highest BCUT2D eigenvalue weighted by Crippen LogP contribution is 2.41. The van der Waals surface area contributed by atoms with Gasteiger partial charge in [0.05, 0.1) is 38.5 Å². The van der Waals surface area contributed by atoms with Gasteiger partial charge >= 0.3 is 5.88 Å². The second-order valence-corrected chi connectivity index (χ2v) is 8.87. The average molecular weight is 539 g/mol. The van der Waals surface area contributed by atoms with Gasteiger partial charge in [0, 0.05) is 6.54 Å². The van der Waals surface area contributed by atoms with Crippen LogP contribution >= 0.6 is 0 Å². The molecule has 0 saturated carbocycles. The van der Waals surface area contributed by atoms with Crippen LogP contribution in [0.25, 0.3) is 0 Å². The number of amides is 1. The van der Waals surface area contributed by atoms with E-state index in [-0.39, 0.29) is 5.76 Å². The molecule has 2 aromatic carbocycles. The Labute approximate surface area is 227 Å². The predicted molar refractivity (Wildman–Crippen MR) is 144 cm³/mol. The van der Waals surface area contributed by atoms with Gasteiger partial charge in [0.15, 0.2) is 28.8 Å². The van der Waals surface area contributed by atoms with Gasteiger partial charge in [-0.1, -0.05) is 6.07 Å². The Morgan fingerprint density at radius 3 is 2.13 bits per heavy atom. The molecule has 0 radical (unpaired) electrons. The number of fused-ring (bicyclic) bond motifs is 1. The van der Waals surface area contributed by atoms with E-state index in [2.05, 4.69) is 0 Å². The van der Waals surface area contributed by atoms with Crippen LogP contribution in [-0.2, 0) is 12.8 Å². The minimum atomic E-state index is -0.654. The highest BCUT2D eigenvalue weighted by molar-refractivity contribution is 5.92. The SMILES string of the molecule is CCOc1ccc(C[C@@H]2c3cc(OCC)c(OCC)cc3CCN2C(=O)c2ccc([N+](=O)[O-])o2)cc1OCC. The number of nitrogens with zero attached hydrogens (tertiary/aromatic N) is 2. The van der Waals surface area contributed by atoms with E-state index in [1.165, 1.54) is 12.1 Å². The molecular formula is C29H34N2O8. The van der Waals surface area contributed by atoms with Crippen LogP contribution in [0, 0.1) is 10.1 Å². The number of benzene rings is 2. The molecule has 208 valence electrons. The van der Waals surface area contributed by atoms with Crippen molar-refractivity contribution in [3.8, 4) is 23.0 Å². The first-order chi connectivity index (χ1) is 18.9. The lowest BCUT2D eigenvalue weighted by Crippen LogP contribution is -2.41. The summed E-state index contributed by atoms with van der Waals surface area (Å²) in [7, 11) is 0. The zero-order valence-electron chi connectivity index (χ0n) is 22.7. The van der Waals surface area contributed by atoms with Crippen molar-refractivity contribution in [2.45, 2.75) is 46.6 Å². The standard InChI is InChI=1S/C29H34N2O8/c1-5-35-23-10-9-19(16-25(23)36-6-2)15-22-21-18-27(38-8-4)26(37-7-3)17-20(21)13-14-30(22)29(32)24-11-12-28(39-24)31(33)34/h9-12,16-18,22H,5-8,13-15H2,1-4H3/t22-/m1/s1. The zero-order valence-corrected chi connectivity index (χ0v) is 22.7. The lowest BCUT2D eigenvalue weighted by Gasteiger charge is -2.37. The average Bonchev–Trinajstić information content (AvgIpc) is 3.42. The molecule has 2 heterocycles. The lowest BCUT2D eigenvalue weighted by molar-refractivity contribution is -0.402. The molecule has 0 fully saturated rings. The lowest BCUT2D eigenvalue weighted by atomic mass is 9.87. The topological polar surface area (TPSA) is 114 Å². The van der Waals surface area contributed by atoms with E-state index in [0.29, 0.717) is 68.8 Å². The summed E-state index contributed by atoms with van der Waals surface area (Å²) in [5, 5.41) is 11.2. The van der Waals surface area contributed by atoms with Crippen molar-refractivity contribution in [2.75, 3.05) is 33.0 Å². The summed E-state index contributed by atoms with van der Waals surface area (Å²) in [4.78, 5) is 25.9. The van der Waals surface area contributed by atoms with E-state index in [1.54, 1.807) is 4.90 Å². The number of ether oxygens (including phenoxy) is 4. The first-order valence-corrected chi connectivity index (χ1v) is 13.3. The molecule has 0 spiro atoms. The molecule has 10 nitrogen and oxygen atoms in total. The molecule has 3 aromatic rings. The van der Waals surface area contributed by atoms with Crippen LogP contribution in [0.2, 0.25) is 0 Å². The number of rotatable bonds is 12. The molecule has 0 bridgehead atoms. The monoisotopic (exact) mass is 538 g/mol. The molecule has 0 saturated heterocycles. The molecule has 0 N–H and O–H groups in total. The Morgan fingerprint density at radius 2 is 1.51 bits per heavy atom. The van der Waals surface area contributed by atoms with Gasteiger partial charge < -0.3 is 28.3 Å². The van der Waals surface area contributed by atoms with Gasteiger partial charge in [-0.15, -0.1) is 0 Å². The summed E-state index contributed by atoms with van der Waals surface area (Å²) >= 11 is 0. The molecule has 4 rings (SSSR count). The summed E-state index contributed by atoms with van der Waals surface area (Å²) in [5.74, 6) is 1.59. The maximum atomic E-state index is 13.6. The fourth-order valence-corrected chi connectivity index (χ4v) is 4.84. The Hall–Kier alpha value is -4.21. The summed E-state index contributed by atoms with van der Waals surface area (Å²) in [6.07, 6.45) is 1.05. The molecular weight excluding hydrogens is 504 g/mol. The van der Waals surface area contributed by atoms with Gasteiger partial charge in [0.2, 0.25) is 0 Å². The van der Waals surface area contributed by atoms with Crippen LogP contribution in [0.5, 0.6) is 23.0 Å². The number of furan rings is 1. The molecule has 1 amide bonds. The van der Waals surface area contributed by atoms with Gasteiger partial charge in [0.1, 0.15) is 4.92 Å². The minimum absolute atomic E-state index is 0.0761. The molecule has 0 unspecified atom stereocenters. The molecule has 1 atom stereocenters. The van der Waals surface area contributed by atoms with Gasteiger partial charge in [-0.05, 0) is 87.6 Å². The van der Waals surface area contributed by atoms with Gasteiger partial charge in [0.25, 0.3) is 5.91 Å². The van der Waals surface area contributed by atoms with Gasteiger partial charge in [-0.2, -0.15) is 0 Å². The fraction of sp³-hybridized carbons (Fsp3) is 0.414. The quantitative estimate of drug-likeness (QED) is 0.211. The number of hydrogen-bond donors (Lipinski definition) is 0. The normalized spacial score (nSPS) is 14.5. The third-order valence-corrected chi connectivity index (χ3v) is 6.44. The van der Waals surface area contributed by atoms with E-state index in [1.807, 2.05) is 58.0 Å². The summed E-state index contributed by atoms with van der Waals surface area (Å²) in [6, 6.07) is 11.8. The smallest absolute Gasteiger partial charge is 0.433 e. The summed E-state index contributed by atoms with van der Waals surface area (Å²) < 4.78 is 28.6. The molecule has 1 aliphatic rings. The Morgan fingerprint density at radius 1 is 0.897 bits per heavy atom. The highest BCUT2D eigenvalue weighted by atomic mass is 16.6. The van der Waals surface area contributed by atoms with Crippen LogP contribution < -0.4 is 18.9 Å². The zero-order chi connectivity index (χ0) is 27.9. The first kappa shape index (κ1) is 27.8. The molecule has 0 aliphatic carbocycles. The maximum absolute atomic E-state index is 13.6. The van der Waals surface area contributed by atoms with E-state index in [4.69, 9.17) is 23.4 Å². The van der Waals surface area contributed by atoms with Crippen LogP contribution in [-0.4, -0.2) is 48.7 Å². The van der Waals surface area contributed by atoms with E-state index >= 15 is 0 Å². The molecule has 1 aliphatic heterocycles. The Kier molecular flexibility index (Phi) is 8.96. The first-order valence-electron chi connectivity index (χ1n) is 13.3. The molecule has 10 heteroatoms. The second kappa shape index (κ2) is 12.6. The number of carbonyl (C=O) groups excluding carboxylic acids is 1. The van der Waals surface area contributed by atoms with Crippen molar-refractivity contribution in [3.63, 3.8) is 0 Å². The molecule has 1 aromatic heterocycles. The van der Waals surface area contributed by atoms with Crippen LogP contribution in [0.15, 0.2) is 46.9 Å². The number of carbonyl (C=O) groups is 1. The number of nitro groups is 1. The van der Waals surface area contributed by atoms with Crippen LogP contribution in [0.3, 0.4) is 0 Å². The maximum Gasteiger partial charge on any atom is 0.433 e. The number of hydrogen-bond acceptors (Lipinski definition) is 8. The van der Waals surface area contributed by atoms with E-state index in [9.17, 15) is 14.9 Å². The van der Waals surface area contributed by atoms with Crippen molar-refractivity contribution in [1.29, 1.82) is 0 Å². The van der Waals surface area contributed by atoms with Crippen molar-refractivity contribution >= 4 is 11.8 Å². The largest absolute Gasteiger partial charge is 0.490 e. The van der Waals surface area contributed by atoms with Gasteiger partial charge in [-0.25, -0.2) is 0 Å². The van der Waals surface area contributed by atoms with E-state index in [0.717, 1.165) is 16.7 Å². The molecule has 39 heavy (non-hydrogen) atoms. The van der Waals surface area contributed by atoms with Crippen molar-refractivity contribution in [2.24, 2.45) is 0 Å². The Balaban J connectivity index is 1.77. The van der Waals surface area contributed by atoms with Crippen LogP contribution in [0.1, 0.15) is 61.0 Å². The third kappa shape index (κ3) is 6.10. The summed E-state index contributed by atoms with van der Waals surface area (Å²) in [5.41, 5.74) is 2.92. The highest BCUT2D eigenvalue weighted by Gasteiger charge is 2.35. The van der Waals surface area contributed by atoms with E-state index < -0.39 is 22.8 Å². The van der Waals surface area contributed by atoms with Crippen LogP contribution in [0.4, 0.5) is 5.88 Å². The van der Waals surface area contributed by atoms with Crippen molar-refractivity contribution in [3.05, 3.63) is 75.0 Å². The third-order valence-electron chi connectivity index (χ3n) is 6.44. The minimum Gasteiger partial charge on any atom is -0.490 e. The fourth-order valence-electron chi connectivity index (χ4n) is 4.84.